The number of nitrogens with one attached hydrogen (secondary N) is 3. The Kier molecular flexibility index (Phi) is 10.4. The smallest absolute Gasteiger partial charge is 0.407 e. The second-order valence-corrected chi connectivity index (χ2v) is 9.76. The molecule has 30 heavy (non-hydrogen) atoms. The van der Waals surface area contributed by atoms with Crippen LogP contribution in [0.3, 0.4) is 0 Å². The standard InChI is InChI=1S/C22H39N5O2S/c1-5-23-20(24-11-7-12-25-21(28)29-22(2,3)4)26-16-18-9-13-27(14-10-18)17-19-8-6-15-30-19/h6,8,15,18H,5,7,9-14,16-17H2,1-4H3,(H,25,28)(H2,23,24,26). The fourth-order valence-corrected chi connectivity index (χ4v) is 4.06. The Labute approximate surface area is 185 Å². The third-order valence-electron chi connectivity index (χ3n) is 4.83. The van der Waals surface area contributed by atoms with E-state index in [9.17, 15) is 4.79 Å². The van der Waals surface area contributed by atoms with Crippen LogP contribution in [-0.4, -0.2) is 61.8 Å². The van der Waals surface area contributed by atoms with E-state index in [2.05, 4.69) is 45.3 Å². The molecule has 170 valence electrons. The van der Waals surface area contributed by atoms with Gasteiger partial charge in [0, 0.05) is 37.6 Å². The van der Waals surface area contributed by atoms with Crippen LogP contribution in [0.15, 0.2) is 22.5 Å². The van der Waals surface area contributed by atoms with Crippen LogP contribution in [0.5, 0.6) is 0 Å². The lowest BCUT2D eigenvalue weighted by atomic mass is 9.97. The van der Waals surface area contributed by atoms with Crippen LogP contribution in [0.25, 0.3) is 0 Å². The topological polar surface area (TPSA) is 78.0 Å². The van der Waals surface area contributed by atoms with Crippen molar-refractivity contribution >= 4 is 23.4 Å². The molecule has 1 saturated heterocycles. The molecule has 0 radical (unpaired) electrons. The van der Waals surface area contributed by atoms with Gasteiger partial charge in [-0.3, -0.25) is 9.89 Å². The van der Waals surface area contributed by atoms with Gasteiger partial charge in [0.1, 0.15) is 5.60 Å². The quantitative estimate of drug-likeness (QED) is 0.313. The summed E-state index contributed by atoms with van der Waals surface area (Å²) in [4.78, 5) is 20.4. The number of hydrogen-bond donors (Lipinski definition) is 3. The van der Waals surface area contributed by atoms with Gasteiger partial charge in [-0.05, 0) is 77.4 Å². The van der Waals surface area contributed by atoms with Crippen molar-refractivity contribution in [3.8, 4) is 0 Å². The van der Waals surface area contributed by atoms with Crippen LogP contribution in [0.1, 0.15) is 51.8 Å². The van der Waals surface area contributed by atoms with Crippen molar-refractivity contribution in [1.29, 1.82) is 0 Å². The normalized spacial score (nSPS) is 16.3. The maximum Gasteiger partial charge on any atom is 0.407 e. The number of amides is 1. The zero-order chi connectivity index (χ0) is 21.8. The molecule has 0 aliphatic carbocycles. The average Bonchev–Trinajstić information content (AvgIpc) is 3.18. The van der Waals surface area contributed by atoms with E-state index in [1.807, 2.05) is 32.1 Å². The molecule has 3 N–H and O–H groups in total. The van der Waals surface area contributed by atoms with E-state index < -0.39 is 5.60 Å². The number of rotatable bonds is 9. The number of aliphatic imine (C=N–C) groups is 1. The fourth-order valence-electron chi connectivity index (χ4n) is 3.31. The molecule has 0 spiro atoms. The first kappa shape index (κ1) is 24.5. The molecule has 1 aromatic heterocycles. The SMILES string of the molecule is CCNC(=NCC1CCN(Cc2cccs2)CC1)NCCCNC(=O)OC(C)(C)C. The number of hydrogen-bond acceptors (Lipinski definition) is 5. The summed E-state index contributed by atoms with van der Waals surface area (Å²) in [6.45, 7) is 14.1. The molecule has 0 atom stereocenters. The fraction of sp³-hybridized carbons (Fsp3) is 0.727. The molecule has 8 heteroatoms. The van der Waals surface area contributed by atoms with Gasteiger partial charge < -0.3 is 20.7 Å². The number of ether oxygens (including phenoxy) is 1. The van der Waals surface area contributed by atoms with Crippen LogP contribution in [0.2, 0.25) is 0 Å². The zero-order valence-corrected chi connectivity index (χ0v) is 19.8. The summed E-state index contributed by atoms with van der Waals surface area (Å²) in [5.74, 6) is 1.50. The summed E-state index contributed by atoms with van der Waals surface area (Å²) in [7, 11) is 0. The molecule has 1 fully saturated rings. The highest BCUT2D eigenvalue weighted by Gasteiger charge is 2.19. The Balaban J connectivity index is 1.62. The lowest BCUT2D eigenvalue weighted by molar-refractivity contribution is 0.0527. The van der Waals surface area contributed by atoms with E-state index in [4.69, 9.17) is 9.73 Å². The van der Waals surface area contributed by atoms with Crippen molar-refractivity contribution < 1.29 is 9.53 Å². The molecule has 2 rings (SSSR count). The van der Waals surface area contributed by atoms with Crippen molar-refractivity contribution in [1.82, 2.24) is 20.9 Å². The van der Waals surface area contributed by atoms with Gasteiger partial charge in [0.25, 0.3) is 0 Å². The molecule has 1 aliphatic rings. The van der Waals surface area contributed by atoms with Crippen LogP contribution in [0.4, 0.5) is 4.79 Å². The lowest BCUT2D eigenvalue weighted by Crippen LogP contribution is -2.40. The number of guanidine groups is 1. The van der Waals surface area contributed by atoms with Gasteiger partial charge in [-0.15, -0.1) is 11.3 Å². The number of thiophene rings is 1. The molecule has 0 saturated carbocycles. The Bertz CT molecular complexity index is 634. The molecule has 1 aromatic rings. The highest BCUT2D eigenvalue weighted by atomic mass is 32.1. The van der Waals surface area contributed by atoms with Crippen LogP contribution >= 0.6 is 11.3 Å². The van der Waals surface area contributed by atoms with Crippen molar-refractivity contribution in [3.05, 3.63) is 22.4 Å². The van der Waals surface area contributed by atoms with E-state index in [1.165, 1.54) is 17.7 Å². The van der Waals surface area contributed by atoms with E-state index in [1.54, 1.807) is 0 Å². The van der Waals surface area contributed by atoms with Gasteiger partial charge in [0.2, 0.25) is 0 Å². The maximum atomic E-state index is 11.7. The average molecular weight is 438 g/mol. The highest BCUT2D eigenvalue weighted by Crippen LogP contribution is 2.20. The molecule has 1 aliphatic heterocycles. The molecule has 0 aromatic carbocycles. The van der Waals surface area contributed by atoms with E-state index in [0.29, 0.717) is 12.5 Å². The monoisotopic (exact) mass is 437 g/mol. The first-order valence-electron chi connectivity index (χ1n) is 11.1. The molecule has 2 heterocycles. The van der Waals surface area contributed by atoms with Crippen molar-refractivity contribution in [2.75, 3.05) is 39.3 Å². The summed E-state index contributed by atoms with van der Waals surface area (Å²) >= 11 is 1.84. The molecule has 1 amide bonds. The Morgan fingerprint density at radius 2 is 1.97 bits per heavy atom. The molecular weight excluding hydrogens is 398 g/mol. The maximum absolute atomic E-state index is 11.7. The van der Waals surface area contributed by atoms with Crippen LogP contribution in [0, 0.1) is 5.92 Å². The molecule has 0 bridgehead atoms. The Morgan fingerprint density at radius 3 is 2.60 bits per heavy atom. The molecule has 7 nitrogen and oxygen atoms in total. The van der Waals surface area contributed by atoms with Gasteiger partial charge in [-0.25, -0.2) is 4.79 Å². The van der Waals surface area contributed by atoms with Gasteiger partial charge in [-0.2, -0.15) is 0 Å². The molecule has 0 unspecified atom stereocenters. The zero-order valence-electron chi connectivity index (χ0n) is 19.0. The summed E-state index contributed by atoms with van der Waals surface area (Å²) in [5.41, 5.74) is -0.465. The Morgan fingerprint density at radius 1 is 1.23 bits per heavy atom. The van der Waals surface area contributed by atoms with E-state index in [-0.39, 0.29) is 6.09 Å². The van der Waals surface area contributed by atoms with E-state index >= 15 is 0 Å². The van der Waals surface area contributed by atoms with Crippen LogP contribution in [-0.2, 0) is 11.3 Å². The predicted molar refractivity (Wildman–Crippen MR) is 125 cm³/mol. The van der Waals surface area contributed by atoms with Gasteiger partial charge in [0.05, 0.1) is 0 Å². The summed E-state index contributed by atoms with van der Waals surface area (Å²) < 4.78 is 5.24. The van der Waals surface area contributed by atoms with Crippen LogP contribution < -0.4 is 16.0 Å². The lowest BCUT2D eigenvalue weighted by Gasteiger charge is -2.31. The highest BCUT2D eigenvalue weighted by molar-refractivity contribution is 7.09. The number of likely N-dealkylation sites (tertiary alicyclic amines) is 1. The minimum atomic E-state index is -0.465. The van der Waals surface area contributed by atoms with Gasteiger partial charge >= 0.3 is 6.09 Å². The van der Waals surface area contributed by atoms with Crippen molar-refractivity contribution in [3.63, 3.8) is 0 Å². The number of alkyl carbamates (subject to hydrolysis) is 1. The second kappa shape index (κ2) is 12.8. The first-order chi connectivity index (χ1) is 14.4. The number of carbonyl (C=O) groups is 1. The summed E-state index contributed by atoms with van der Waals surface area (Å²) in [6.07, 6.45) is 2.85. The van der Waals surface area contributed by atoms with Crippen molar-refractivity contribution in [2.24, 2.45) is 10.9 Å². The minimum absolute atomic E-state index is 0.367. The second-order valence-electron chi connectivity index (χ2n) is 8.73. The number of piperidine rings is 1. The minimum Gasteiger partial charge on any atom is -0.444 e. The third kappa shape index (κ3) is 10.3. The summed E-state index contributed by atoms with van der Waals surface area (Å²) in [6, 6.07) is 4.35. The van der Waals surface area contributed by atoms with E-state index in [0.717, 1.165) is 51.6 Å². The Hall–Kier alpha value is -1.80. The first-order valence-corrected chi connectivity index (χ1v) is 12.0. The van der Waals surface area contributed by atoms with Crippen molar-refractivity contribution in [2.45, 2.75) is 59.1 Å². The summed E-state index contributed by atoms with van der Waals surface area (Å²) in [5, 5.41) is 11.6. The third-order valence-corrected chi connectivity index (χ3v) is 5.69. The number of carbonyl (C=O) groups excluding carboxylic acids is 1. The van der Waals surface area contributed by atoms with Gasteiger partial charge in [0.15, 0.2) is 5.96 Å². The number of nitrogens with zero attached hydrogens (tertiary/aromatic N) is 2. The largest absolute Gasteiger partial charge is 0.444 e. The van der Waals surface area contributed by atoms with Gasteiger partial charge in [-0.1, -0.05) is 6.07 Å². The molecular formula is C22H39N5O2S. The predicted octanol–water partition coefficient (Wildman–Crippen LogP) is 3.43.